The Morgan fingerprint density at radius 1 is 1.13 bits per heavy atom. The van der Waals surface area contributed by atoms with Crippen molar-refractivity contribution in [2.75, 3.05) is 0 Å². The standard InChI is InChI=1S/C23H20N6O2/c1-13-8-9-28-19(10-13)16(11-25-28)21-24-12-17-22(27-21)29(23(31)26-17)18-6-7-20(30)15-5-3-2-4-14(15)18/h2-5,8-12,18,20,30H,6-7H2,1H3,(H,26,31)/t18-,20-/m0/s1. The van der Waals surface area contributed by atoms with Gasteiger partial charge >= 0.3 is 5.69 Å². The summed E-state index contributed by atoms with van der Waals surface area (Å²) in [4.78, 5) is 25.1. The molecule has 154 valence electrons. The normalized spacial score (nSPS) is 18.5. The molecule has 5 aromatic rings. The second-order valence-corrected chi connectivity index (χ2v) is 8.06. The lowest BCUT2D eigenvalue weighted by atomic mass is 9.85. The predicted molar refractivity (Wildman–Crippen MR) is 116 cm³/mol. The Hall–Kier alpha value is -3.78. The van der Waals surface area contributed by atoms with Crippen molar-refractivity contribution in [2.24, 2.45) is 0 Å². The van der Waals surface area contributed by atoms with Crippen LogP contribution in [0.2, 0.25) is 0 Å². The summed E-state index contributed by atoms with van der Waals surface area (Å²) in [7, 11) is 0. The Kier molecular flexibility index (Phi) is 3.85. The highest BCUT2D eigenvalue weighted by molar-refractivity contribution is 5.79. The number of nitrogens with zero attached hydrogens (tertiary/aromatic N) is 5. The van der Waals surface area contributed by atoms with Gasteiger partial charge in [-0.1, -0.05) is 24.3 Å². The molecule has 0 aliphatic heterocycles. The predicted octanol–water partition coefficient (Wildman–Crippen LogP) is 3.16. The SMILES string of the molecule is Cc1ccn2ncc(-c3ncc4[nH]c(=O)n([C@H]5CC[C@H](O)c6ccccc65)c4n3)c2c1. The Labute approximate surface area is 176 Å². The largest absolute Gasteiger partial charge is 0.388 e. The van der Waals surface area contributed by atoms with E-state index in [1.165, 1.54) is 0 Å². The van der Waals surface area contributed by atoms with Gasteiger partial charge in [0, 0.05) is 6.20 Å². The van der Waals surface area contributed by atoms with E-state index in [0.29, 0.717) is 29.8 Å². The maximum atomic E-state index is 12.9. The summed E-state index contributed by atoms with van der Waals surface area (Å²) in [6.45, 7) is 2.03. The number of aromatic nitrogens is 6. The van der Waals surface area contributed by atoms with Crippen LogP contribution in [0.3, 0.4) is 0 Å². The number of nitrogens with one attached hydrogen (secondary N) is 1. The van der Waals surface area contributed by atoms with Crippen LogP contribution in [0, 0.1) is 6.92 Å². The lowest BCUT2D eigenvalue weighted by molar-refractivity contribution is 0.147. The molecule has 1 aliphatic rings. The van der Waals surface area contributed by atoms with Gasteiger partial charge in [0.1, 0.15) is 5.52 Å². The lowest BCUT2D eigenvalue weighted by Gasteiger charge is -2.29. The Balaban J connectivity index is 1.56. The molecule has 4 heterocycles. The van der Waals surface area contributed by atoms with Crippen LogP contribution in [0.25, 0.3) is 28.1 Å². The van der Waals surface area contributed by atoms with Crippen molar-refractivity contribution in [1.82, 2.24) is 29.1 Å². The Morgan fingerprint density at radius 3 is 2.84 bits per heavy atom. The second kappa shape index (κ2) is 6.61. The molecule has 8 heteroatoms. The van der Waals surface area contributed by atoms with E-state index in [1.807, 2.05) is 49.5 Å². The van der Waals surface area contributed by atoms with E-state index in [0.717, 1.165) is 27.8 Å². The fraction of sp³-hybridized carbons (Fsp3) is 0.217. The molecule has 1 aromatic carbocycles. The first-order chi connectivity index (χ1) is 15.1. The second-order valence-electron chi connectivity index (χ2n) is 8.06. The molecule has 0 bridgehead atoms. The molecule has 0 spiro atoms. The number of aliphatic hydroxyl groups excluding tert-OH is 1. The van der Waals surface area contributed by atoms with E-state index in [-0.39, 0.29) is 11.7 Å². The molecule has 0 saturated heterocycles. The van der Waals surface area contributed by atoms with E-state index < -0.39 is 6.10 Å². The quantitative estimate of drug-likeness (QED) is 0.464. The highest BCUT2D eigenvalue weighted by atomic mass is 16.3. The zero-order valence-corrected chi connectivity index (χ0v) is 16.9. The first kappa shape index (κ1) is 18.0. The van der Waals surface area contributed by atoms with Crippen molar-refractivity contribution in [3.63, 3.8) is 0 Å². The molecule has 0 unspecified atom stereocenters. The molecule has 2 N–H and O–H groups in total. The van der Waals surface area contributed by atoms with Crippen molar-refractivity contribution in [1.29, 1.82) is 0 Å². The molecule has 0 fully saturated rings. The number of fused-ring (bicyclic) bond motifs is 3. The van der Waals surface area contributed by atoms with Crippen molar-refractivity contribution >= 4 is 16.7 Å². The highest BCUT2D eigenvalue weighted by Crippen LogP contribution is 2.38. The van der Waals surface area contributed by atoms with E-state index in [2.05, 4.69) is 15.1 Å². The maximum absolute atomic E-state index is 12.9. The number of imidazole rings is 1. The van der Waals surface area contributed by atoms with Gasteiger partial charge in [-0.25, -0.2) is 19.3 Å². The summed E-state index contributed by atoms with van der Waals surface area (Å²) in [5.74, 6) is 0.518. The zero-order chi connectivity index (χ0) is 21.1. The average Bonchev–Trinajstić information content (AvgIpc) is 3.34. The van der Waals surface area contributed by atoms with Gasteiger partial charge in [0.15, 0.2) is 11.5 Å². The van der Waals surface area contributed by atoms with Gasteiger partial charge in [-0.3, -0.25) is 4.57 Å². The van der Waals surface area contributed by atoms with Crippen molar-refractivity contribution < 1.29 is 5.11 Å². The van der Waals surface area contributed by atoms with E-state index in [4.69, 9.17) is 4.98 Å². The molecule has 1 aliphatic carbocycles. The van der Waals surface area contributed by atoms with Crippen LogP contribution in [0.4, 0.5) is 0 Å². The number of rotatable bonds is 2. The third kappa shape index (κ3) is 2.72. The van der Waals surface area contributed by atoms with Crippen LogP contribution < -0.4 is 5.69 Å². The minimum atomic E-state index is -0.513. The van der Waals surface area contributed by atoms with Crippen LogP contribution in [0.15, 0.2) is 59.8 Å². The van der Waals surface area contributed by atoms with Crippen LogP contribution in [0.1, 0.15) is 41.7 Å². The first-order valence-corrected chi connectivity index (χ1v) is 10.3. The van der Waals surface area contributed by atoms with Gasteiger partial charge in [0.25, 0.3) is 0 Å². The van der Waals surface area contributed by atoms with Crippen LogP contribution in [0.5, 0.6) is 0 Å². The van der Waals surface area contributed by atoms with Crippen molar-refractivity contribution in [3.05, 3.63) is 82.2 Å². The van der Waals surface area contributed by atoms with Gasteiger partial charge in [0.05, 0.1) is 35.6 Å². The van der Waals surface area contributed by atoms with Gasteiger partial charge in [-0.2, -0.15) is 5.10 Å². The third-order valence-electron chi connectivity index (χ3n) is 6.11. The third-order valence-corrected chi connectivity index (χ3v) is 6.11. The fourth-order valence-electron chi connectivity index (χ4n) is 4.61. The fourth-order valence-corrected chi connectivity index (χ4v) is 4.61. The number of hydrogen-bond donors (Lipinski definition) is 2. The minimum absolute atomic E-state index is 0.199. The Bertz CT molecular complexity index is 1510. The molecule has 31 heavy (non-hydrogen) atoms. The number of aliphatic hydroxyl groups is 1. The van der Waals surface area contributed by atoms with Gasteiger partial charge in [-0.15, -0.1) is 0 Å². The van der Waals surface area contributed by atoms with E-state index in [1.54, 1.807) is 21.5 Å². The number of aromatic amines is 1. The minimum Gasteiger partial charge on any atom is -0.388 e. The molecule has 0 saturated carbocycles. The number of pyridine rings is 1. The number of H-pyrrole nitrogens is 1. The van der Waals surface area contributed by atoms with E-state index >= 15 is 0 Å². The summed E-state index contributed by atoms with van der Waals surface area (Å²) >= 11 is 0. The summed E-state index contributed by atoms with van der Waals surface area (Å²) in [5.41, 5.74) is 5.58. The first-order valence-electron chi connectivity index (χ1n) is 10.3. The summed E-state index contributed by atoms with van der Waals surface area (Å²) < 4.78 is 3.49. The van der Waals surface area contributed by atoms with E-state index in [9.17, 15) is 9.90 Å². The molecule has 6 rings (SSSR count). The molecule has 2 atom stereocenters. The summed E-state index contributed by atoms with van der Waals surface area (Å²) in [6, 6.07) is 11.6. The maximum Gasteiger partial charge on any atom is 0.328 e. The van der Waals surface area contributed by atoms with Crippen LogP contribution in [-0.2, 0) is 0 Å². The number of aryl methyl sites for hydroxylation is 1. The molecule has 0 amide bonds. The molecule has 0 radical (unpaired) electrons. The monoisotopic (exact) mass is 412 g/mol. The lowest BCUT2D eigenvalue weighted by Crippen LogP contribution is -2.27. The highest BCUT2D eigenvalue weighted by Gasteiger charge is 2.29. The van der Waals surface area contributed by atoms with Crippen LogP contribution >= 0.6 is 0 Å². The average molecular weight is 412 g/mol. The molecular formula is C23H20N6O2. The van der Waals surface area contributed by atoms with Gasteiger partial charge in [0.2, 0.25) is 0 Å². The Morgan fingerprint density at radius 2 is 1.97 bits per heavy atom. The summed E-state index contributed by atoms with van der Waals surface area (Å²) in [5, 5.41) is 14.8. The van der Waals surface area contributed by atoms with Crippen molar-refractivity contribution in [3.8, 4) is 11.4 Å². The molecular weight excluding hydrogens is 392 g/mol. The topological polar surface area (TPSA) is 101 Å². The number of benzene rings is 1. The van der Waals surface area contributed by atoms with Crippen molar-refractivity contribution in [2.45, 2.75) is 31.9 Å². The molecule has 4 aromatic heterocycles. The molecule has 8 nitrogen and oxygen atoms in total. The van der Waals surface area contributed by atoms with Gasteiger partial charge in [-0.05, 0) is 48.6 Å². The smallest absolute Gasteiger partial charge is 0.328 e. The number of hydrogen-bond acceptors (Lipinski definition) is 5. The van der Waals surface area contributed by atoms with Crippen LogP contribution in [-0.4, -0.2) is 34.2 Å². The zero-order valence-electron chi connectivity index (χ0n) is 16.9. The van der Waals surface area contributed by atoms with Gasteiger partial charge < -0.3 is 10.1 Å². The summed E-state index contributed by atoms with van der Waals surface area (Å²) in [6.07, 6.45) is 6.03.